The van der Waals surface area contributed by atoms with Gasteiger partial charge in [-0.15, -0.1) is 0 Å². The summed E-state index contributed by atoms with van der Waals surface area (Å²) in [6.07, 6.45) is -0.331. The van der Waals surface area contributed by atoms with Crippen molar-refractivity contribution >= 4 is 26.0 Å². The number of rotatable bonds is 1. The first kappa shape index (κ1) is 14.9. The Hall–Kier alpha value is -0.530. The van der Waals surface area contributed by atoms with E-state index in [4.69, 9.17) is 15.4 Å². The minimum atomic E-state index is -3.64. The van der Waals surface area contributed by atoms with Crippen molar-refractivity contribution in [2.45, 2.75) is 26.4 Å². The lowest BCUT2D eigenvalue weighted by molar-refractivity contribution is 0.0279. The molecule has 19 heavy (non-hydrogen) atoms. The largest absolute Gasteiger partial charge is 0.444 e. The van der Waals surface area contributed by atoms with Crippen molar-refractivity contribution < 1.29 is 17.9 Å². The number of carbonyl (C=O) groups is 1. The molecule has 110 valence electrons. The average molecular weight is 311 g/mol. The van der Waals surface area contributed by atoms with Crippen molar-refractivity contribution in [3.05, 3.63) is 0 Å². The van der Waals surface area contributed by atoms with E-state index in [1.165, 1.54) is 4.31 Å². The molecule has 2 atom stereocenters. The van der Waals surface area contributed by atoms with Gasteiger partial charge in [-0.1, -0.05) is 0 Å². The average Bonchev–Trinajstić information content (AvgIpc) is 2.68. The van der Waals surface area contributed by atoms with Crippen molar-refractivity contribution in [3.63, 3.8) is 0 Å². The van der Waals surface area contributed by atoms with E-state index in [-0.39, 0.29) is 17.9 Å². The lowest BCUT2D eigenvalue weighted by Crippen LogP contribution is -2.37. The van der Waals surface area contributed by atoms with E-state index in [1.54, 1.807) is 4.90 Å². The van der Waals surface area contributed by atoms with Gasteiger partial charge >= 0.3 is 6.09 Å². The number of hydrogen-bond acceptors (Lipinski definition) is 4. The molecule has 1 amide bonds. The Morgan fingerprint density at radius 3 is 2.00 bits per heavy atom. The standard InChI is InChI=1S/C11H19ClN2O4S/c1-11(2,3)18-10(15)13-4-8-6-14(19(12,16)17)7-9(8)5-13/h8-9H,4-7H2,1-3H3/t8-,9+. The van der Waals surface area contributed by atoms with Crippen LogP contribution in [0.3, 0.4) is 0 Å². The van der Waals surface area contributed by atoms with Gasteiger partial charge in [0.2, 0.25) is 0 Å². The van der Waals surface area contributed by atoms with Gasteiger partial charge in [-0.2, -0.15) is 12.7 Å². The number of amides is 1. The molecule has 0 aromatic carbocycles. The summed E-state index contributed by atoms with van der Waals surface area (Å²) < 4.78 is 29.1. The topological polar surface area (TPSA) is 66.9 Å². The molecule has 2 saturated heterocycles. The Balaban J connectivity index is 1.93. The van der Waals surface area contributed by atoms with Crippen LogP contribution in [0, 0.1) is 11.8 Å². The Labute approximate surface area is 118 Å². The zero-order chi connectivity index (χ0) is 14.4. The smallest absolute Gasteiger partial charge is 0.410 e. The third-order valence-corrected chi connectivity index (χ3v) is 4.91. The number of fused-ring (bicyclic) bond motifs is 1. The molecule has 2 heterocycles. The maximum atomic E-state index is 11.9. The molecule has 2 fully saturated rings. The van der Waals surface area contributed by atoms with Crippen molar-refractivity contribution in [2.24, 2.45) is 11.8 Å². The first-order chi connectivity index (χ1) is 8.56. The maximum Gasteiger partial charge on any atom is 0.410 e. The fourth-order valence-electron chi connectivity index (χ4n) is 2.60. The van der Waals surface area contributed by atoms with Crippen molar-refractivity contribution in [2.75, 3.05) is 26.2 Å². The van der Waals surface area contributed by atoms with E-state index >= 15 is 0 Å². The first-order valence-electron chi connectivity index (χ1n) is 6.24. The molecule has 0 saturated carbocycles. The normalized spacial score (nSPS) is 28.5. The van der Waals surface area contributed by atoms with Crippen LogP contribution in [0.4, 0.5) is 4.79 Å². The summed E-state index contributed by atoms with van der Waals surface area (Å²) in [5.74, 6) is 0.307. The Kier molecular flexibility index (Phi) is 3.75. The number of halogens is 1. The van der Waals surface area contributed by atoms with Gasteiger partial charge in [0.05, 0.1) is 0 Å². The molecule has 0 aliphatic carbocycles. The third-order valence-electron chi connectivity index (χ3n) is 3.41. The molecule has 0 unspecified atom stereocenters. The highest BCUT2D eigenvalue weighted by Gasteiger charge is 2.45. The number of hydrogen-bond donors (Lipinski definition) is 0. The molecule has 0 spiro atoms. The lowest BCUT2D eigenvalue weighted by Gasteiger charge is -2.25. The second kappa shape index (κ2) is 4.79. The van der Waals surface area contributed by atoms with Gasteiger partial charge in [0.15, 0.2) is 0 Å². The SMILES string of the molecule is CC(C)(C)OC(=O)N1C[C@@H]2CN(S(=O)(=O)Cl)C[C@@H]2C1. The summed E-state index contributed by atoms with van der Waals surface area (Å²) in [7, 11) is 1.69. The summed E-state index contributed by atoms with van der Waals surface area (Å²) >= 11 is 0. The van der Waals surface area contributed by atoms with Crippen molar-refractivity contribution in [1.29, 1.82) is 0 Å². The van der Waals surface area contributed by atoms with E-state index in [2.05, 4.69) is 0 Å². The predicted octanol–water partition coefficient (Wildman–Crippen LogP) is 1.27. The summed E-state index contributed by atoms with van der Waals surface area (Å²) in [4.78, 5) is 13.6. The minimum Gasteiger partial charge on any atom is -0.444 e. The van der Waals surface area contributed by atoms with Crippen LogP contribution in [0.25, 0.3) is 0 Å². The molecular weight excluding hydrogens is 292 g/mol. The molecule has 0 aromatic rings. The Bertz CT molecular complexity index is 460. The summed E-state index contributed by atoms with van der Waals surface area (Å²) in [5, 5.41) is 0. The van der Waals surface area contributed by atoms with Crippen LogP contribution >= 0.6 is 10.7 Å². The quantitative estimate of drug-likeness (QED) is 0.684. The molecule has 0 N–H and O–H groups in total. The number of likely N-dealkylation sites (tertiary alicyclic amines) is 1. The molecule has 8 heteroatoms. The van der Waals surface area contributed by atoms with Gasteiger partial charge < -0.3 is 9.64 Å². The second-order valence-electron chi connectivity index (χ2n) is 6.16. The fraction of sp³-hybridized carbons (Fsp3) is 0.909. The molecule has 0 aromatic heterocycles. The lowest BCUT2D eigenvalue weighted by atomic mass is 10.0. The number of ether oxygens (including phenoxy) is 1. The summed E-state index contributed by atoms with van der Waals surface area (Å²) in [5.41, 5.74) is -0.514. The zero-order valence-electron chi connectivity index (χ0n) is 11.3. The molecule has 2 aliphatic heterocycles. The summed E-state index contributed by atoms with van der Waals surface area (Å²) in [6, 6.07) is 0. The fourth-order valence-corrected chi connectivity index (χ4v) is 3.68. The van der Waals surface area contributed by atoms with Crippen LogP contribution in [0.2, 0.25) is 0 Å². The van der Waals surface area contributed by atoms with Gasteiger partial charge in [0, 0.05) is 36.9 Å². The van der Waals surface area contributed by atoms with Gasteiger partial charge in [0.25, 0.3) is 9.24 Å². The number of nitrogens with zero attached hydrogens (tertiary/aromatic N) is 2. The Morgan fingerprint density at radius 1 is 1.16 bits per heavy atom. The van der Waals surface area contributed by atoms with Crippen molar-refractivity contribution in [1.82, 2.24) is 9.21 Å². The molecule has 2 aliphatic rings. The minimum absolute atomic E-state index is 0.154. The highest BCUT2D eigenvalue weighted by molar-refractivity contribution is 8.11. The zero-order valence-corrected chi connectivity index (χ0v) is 12.9. The van der Waals surface area contributed by atoms with E-state index in [1.807, 2.05) is 20.8 Å². The van der Waals surface area contributed by atoms with Crippen LogP contribution in [-0.4, -0.2) is 55.5 Å². The monoisotopic (exact) mass is 310 g/mol. The van der Waals surface area contributed by atoms with Gasteiger partial charge in [-0.25, -0.2) is 4.79 Å². The molecule has 0 bridgehead atoms. The molecule has 0 radical (unpaired) electrons. The highest BCUT2D eigenvalue weighted by atomic mass is 35.7. The molecule has 6 nitrogen and oxygen atoms in total. The van der Waals surface area contributed by atoms with Gasteiger partial charge in [-0.3, -0.25) is 0 Å². The van der Waals surface area contributed by atoms with Gasteiger partial charge in [-0.05, 0) is 32.6 Å². The van der Waals surface area contributed by atoms with Gasteiger partial charge in [0.1, 0.15) is 5.60 Å². The van der Waals surface area contributed by atoms with Crippen molar-refractivity contribution in [3.8, 4) is 0 Å². The second-order valence-corrected chi connectivity index (χ2v) is 8.68. The third kappa shape index (κ3) is 3.52. The maximum absolute atomic E-state index is 11.9. The van der Waals surface area contributed by atoms with E-state index in [0.29, 0.717) is 26.2 Å². The van der Waals surface area contributed by atoms with Crippen LogP contribution < -0.4 is 0 Å². The van der Waals surface area contributed by atoms with E-state index in [0.717, 1.165) is 0 Å². The van der Waals surface area contributed by atoms with Crippen LogP contribution in [0.1, 0.15) is 20.8 Å². The summed E-state index contributed by atoms with van der Waals surface area (Å²) in [6.45, 7) is 7.30. The molecule has 2 rings (SSSR count). The number of carbonyl (C=O) groups excluding carboxylic acids is 1. The highest BCUT2D eigenvalue weighted by Crippen LogP contribution is 2.33. The van der Waals surface area contributed by atoms with E-state index in [9.17, 15) is 13.2 Å². The molecular formula is C11H19ClN2O4S. The van der Waals surface area contributed by atoms with Crippen LogP contribution in [-0.2, 0) is 14.0 Å². The van der Waals surface area contributed by atoms with E-state index < -0.39 is 14.8 Å². The van der Waals surface area contributed by atoms with Crippen LogP contribution in [0.15, 0.2) is 0 Å². The predicted molar refractivity (Wildman–Crippen MR) is 71.1 cm³/mol. The van der Waals surface area contributed by atoms with Crippen LogP contribution in [0.5, 0.6) is 0 Å². The Morgan fingerprint density at radius 2 is 1.63 bits per heavy atom. The first-order valence-corrected chi connectivity index (χ1v) is 8.50.